The van der Waals surface area contributed by atoms with Gasteiger partial charge in [0.15, 0.2) is 29.3 Å². The zero-order valence-corrected chi connectivity index (χ0v) is 15.8. The summed E-state index contributed by atoms with van der Waals surface area (Å²) in [5.41, 5.74) is 6.82. The fraction of sp³-hybridized carbons (Fsp3) is 0.312. The summed E-state index contributed by atoms with van der Waals surface area (Å²) in [5.74, 6) is 1.50. The van der Waals surface area contributed by atoms with Crippen LogP contribution in [0.5, 0.6) is 17.2 Å². The van der Waals surface area contributed by atoms with Crippen LogP contribution in [0.1, 0.15) is 6.92 Å². The van der Waals surface area contributed by atoms with E-state index in [-0.39, 0.29) is 18.4 Å². The van der Waals surface area contributed by atoms with Gasteiger partial charge < -0.3 is 33.9 Å². The molecule has 148 valence electrons. The number of imidazole rings is 1. The third-order valence-corrected chi connectivity index (χ3v) is 4.97. The highest BCUT2D eigenvalue weighted by Gasteiger charge is 2.25. The first-order valence-corrected chi connectivity index (χ1v) is 10.1. The zero-order chi connectivity index (χ0) is 19.7. The summed E-state index contributed by atoms with van der Waals surface area (Å²) in [6.07, 6.45) is 2.03. The Morgan fingerprint density at radius 2 is 2.14 bits per heavy atom. The van der Waals surface area contributed by atoms with Crippen molar-refractivity contribution in [1.82, 2.24) is 19.5 Å². The van der Waals surface area contributed by atoms with E-state index >= 15 is 0 Å². The van der Waals surface area contributed by atoms with Gasteiger partial charge in [-0.05, 0) is 19.1 Å². The molecule has 4 rings (SSSR count). The average Bonchev–Trinajstić information content (AvgIpc) is 3.27. The second-order valence-corrected chi connectivity index (χ2v) is 7.89. The van der Waals surface area contributed by atoms with E-state index in [1.54, 1.807) is 23.9 Å². The van der Waals surface area contributed by atoms with Crippen molar-refractivity contribution >= 4 is 24.6 Å². The number of fused-ring (bicyclic) bond motifs is 2. The van der Waals surface area contributed by atoms with Crippen molar-refractivity contribution in [3.8, 4) is 17.2 Å². The van der Waals surface area contributed by atoms with Crippen molar-refractivity contribution in [2.45, 2.75) is 19.6 Å². The van der Waals surface area contributed by atoms with Crippen molar-refractivity contribution in [2.24, 2.45) is 0 Å². The van der Waals surface area contributed by atoms with Crippen LogP contribution >= 0.6 is 7.60 Å². The van der Waals surface area contributed by atoms with Gasteiger partial charge in [-0.15, -0.1) is 0 Å². The van der Waals surface area contributed by atoms with Crippen molar-refractivity contribution < 1.29 is 28.2 Å². The first-order chi connectivity index (χ1) is 13.4. The molecule has 3 aromatic rings. The molecule has 2 aromatic heterocycles. The number of ether oxygens (including phenoxy) is 3. The quantitative estimate of drug-likeness (QED) is 0.556. The maximum absolute atomic E-state index is 12.3. The average molecular weight is 407 g/mol. The summed E-state index contributed by atoms with van der Waals surface area (Å²) in [5, 5.41) is 0. The van der Waals surface area contributed by atoms with Crippen LogP contribution in [0, 0.1) is 0 Å². The molecule has 1 aliphatic heterocycles. The minimum absolute atomic E-state index is 0.107. The van der Waals surface area contributed by atoms with E-state index in [1.807, 2.05) is 0 Å². The predicted molar refractivity (Wildman–Crippen MR) is 98.2 cm³/mol. The van der Waals surface area contributed by atoms with E-state index in [0.29, 0.717) is 29.2 Å². The summed E-state index contributed by atoms with van der Waals surface area (Å²) in [6, 6.07) is 4.64. The third kappa shape index (κ3) is 3.86. The van der Waals surface area contributed by atoms with Crippen LogP contribution < -0.4 is 19.7 Å². The van der Waals surface area contributed by atoms with Gasteiger partial charge >= 0.3 is 7.60 Å². The molecule has 11 nitrogen and oxygen atoms in total. The zero-order valence-electron chi connectivity index (χ0n) is 14.9. The molecule has 0 saturated heterocycles. The van der Waals surface area contributed by atoms with Crippen LogP contribution in [0.15, 0.2) is 30.9 Å². The lowest BCUT2D eigenvalue weighted by molar-refractivity contribution is 0.0772. The van der Waals surface area contributed by atoms with Crippen LogP contribution in [0.25, 0.3) is 11.2 Å². The number of nitrogens with zero attached hydrogens (tertiary/aromatic N) is 4. The third-order valence-electron chi connectivity index (χ3n) is 4.00. The Balaban J connectivity index is 1.36. The van der Waals surface area contributed by atoms with E-state index in [2.05, 4.69) is 15.0 Å². The standard InChI is InChI=1S/C16H18N5O6P/c1-10(5-21-7-20-14-15(17)18-6-19-16(14)21)26-9-28(22,23)27-11-2-3-12-13(4-11)25-8-24-12/h2-4,6-7,10H,5,8-9H2,1H3,(H,22,23)(H2,17,18,19)/t10-/m1/s1. The molecule has 3 N–H and O–H groups in total. The number of hydrogen-bond acceptors (Lipinski definition) is 9. The van der Waals surface area contributed by atoms with Crippen LogP contribution in [0.2, 0.25) is 0 Å². The van der Waals surface area contributed by atoms with Gasteiger partial charge in [0.2, 0.25) is 6.79 Å². The fourth-order valence-corrected chi connectivity index (χ4v) is 3.65. The molecule has 2 atom stereocenters. The number of nitrogens with two attached hydrogens (primary N) is 1. The second kappa shape index (κ2) is 7.27. The molecule has 0 radical (unpaired) electrons. The minimum atomic E-state index is -4.03. The Kier molecular flexibility index (Phi) is 4.80. The van der Waals surface area contributed by atoms with Crippen LogP contribution in [-0.4, -0.2) is 43.7 Å². The maximum atomic E-state index is 12.3. The van der Waals surface area contributed by atoms with Crippen LogP contribution in [0.4, 0.5) is 5.82 Å². The number of anilines is 1. The molecule has 0 fully saturated rings. The summed E-state index contributed by atoms with van der Waals surface area (Å²) >= 11 is 0. The summed E-state index contributed by atoms with van der Waals surface area (Å²) < 4.78 is 35.2. The van der Waals surface area contributed by atoms with Crippen molar-refractivity contribution in [3.05, 3.63) is 30.9 Å². The lowest BCUT2D eigenvalue weighted by Crippen LogP contribution is -2.18. The first kappa shape index (κ1) is 18.5. The van der Waals surface area contributed by atoms with Crippen molar-refractivity contribution in [3.63, 3.8) is 0 Å². The molecule has 1 unspecified atom stereocenters. The number of benzene rings is 1. The normalized spacial score (nSPS) is 16.1. The predicted octanol–water partition coefficient (Wildman–Crippen LogP) is 1.76. The first-order valence-electron chi connectivity index (χ1n) is 8.35. The smallest absolute Gasteiger partial charge is 0.402 e. The molecular weight excluding hydrogens is 389 g/mol. The molecule has 0 amide bonds. The van der Waals surface area contributed by atoms with Gasteiger partial charge in [-0.1, -0.05) is 0 Å². The second-order valence-electron chi connectivity index (χ2n) is 6.18. The molecule has 0 bridgehead atoms. The summed E-state index contributed by atoms with van der Waals surface area (Å²) in [7, 11) is -4.03. The van der Waals surface area contributed by atoms with Crippen molar-refractivity contribution in [1.29, 1.82) is 0 Å². The number of nitrogen functional groups attached to an aromatic ring is 1. The van der Waals surface area contributed by atoms with Gasteiger partial charge in [-0.3, -0.25) is 0 Å². The molecule has 3 heterocycles. The molecule has 28 heavy (non-hydrogen) atoms. The number of rotatable bonds is 7. The van der Waals surface area contributed by atoms with E-state index in [0.717, 1.165) is 0 Å². The minimum Gasteiger partial charge on any atom is -0.454 e. The number of hydrogen-bond donors (Lipinski definition) is 2. The van der Waals surface area contributed by atoms with E-state index in [4.69, 9.17) is 24.5 Å². The van der Waals surface area contributed by atoms with Crippen molar-refractivity contribution in [2.75, 3.05) is 18.9 Å². The SMILES string of the molecule is C[C@H](Cn1cnc2c(N)ncnc21)OCP(=O)(O)Oc1ccc2c(c1)OCO2. The van der Waals surface area contributed by atoms with Gasteiger partial charge in [0.05, 0.1) is 19.0 Å². The highest BCUT2D eigenvalue weighted by atomic mass is 31.2. The van der Waals surface area contributed by atoms with Crippen LogP contribution in [0.3, 0.4) is 0 Å². The maximum Gasteiger partial charge on any atom is 0.402 e. The molecule has 12 heteroatoms. The fourth-order valence-electron chi connectivity index (χ4n) is 2.71. The molecular formula is C16H18N5O6P. The van der Waals surface area contributed by atoms with Gasteiger partial charge in [0.1, 0.15) is 17.6 Å². The number of aromatic nitrogens is 4. The Hall–Kier alpha value is -2.88. The largest absolute Gasteiger partial charge is 0.454 e. The van der Waals surface area contributed by atoms with E-state index in [1.165, 1.54) is 18.5 Å². The van der Waals surface area contributed by atoms with E-state index in [9.17, 15) is 9.46 Å². The van der Waals surface area contributed by atoms with Crippen LogP contribution in [-0.2, 0) is 15.8 Å². The van der Waals surface area contributed by atoms with Gasteiger partial charge in [-0.2, -0.15) is 0 Å². The molecule has 1 aromatic carbocycles. The Labute approximate surface area is 159 Å². The van der Waals surface area contributed by atoms with Gasteiger partial charge in [0, 0.05) is 6.07 Å². The van der Waals surface area contributed by atoms with E-state index < -0.39 is 20.0 Å². The Morgan fingerprint density at radius 1 is 1.32 bits per heavy atom. The molecule has 0 spiro atoms. The lowest BCUT2D eigenvalue weighted by Gasteiger charge is -2.18. The van der Waals surface area contributed by atoms with Gasteiger partial charge in [-0.25, -0.2) is 19.5 Å². The highest BCUT2D eigenvalue weighted by molar-refractivity contribution is 7.53. The Bertz CT molecular complexity index is 1060. The molecule has 0 aliphatic carbocycles. The topological polar surface area (TPSA) is 144 Å². The lowest BCUT2D eigenvalue weighted by atomic mass is 10.3. The Morgan fingerprint density at radius 3 is 3.00 bits per heavy atom. The molecule has 1 aliphatic rings. The molecule has 0 saturated carbocycles. The summed E-state index contributed by atoms with van der Waals surface area (Å²) in [6.45, 7) is 2.23. The highest BCUT2D eigenvalue weighted by Crippen LogP contribution is 2.45. The summed E-state index contributed by atoms with van der Waals surface area (Å²) in [4.78, 5) is 22.3. The van der Waals surface area contributed by atoms with Gasteiger partial charge in [0.25, 0.3) is 0 Å². The monoisotopic (exact) mass is 407 g/mol.